The Morgan fingerprint density at radius 1 is 0.935 bits per heavy atom. The van der Waals surface area contributed by atoms with Crippen molar-refractivity contribution in [1.29, 1.82) is 0 Å². The first-order valence-corrected chi connectivity index (χ1v) is 21.0. The monoisotopic (exact) mass is 852 g/mol. The molecule has 4 aromatic rings. The fraction of sp³-hybridized carbons (Fsp3) is 0.413. The van der Waals surface area contributed by atoms with Gasteiger partial charge in [0.15, 0.2) is 0 Å². The van der Waals surface area contributed by atoms with Crippen LogP contribution in [0.3, 0.4) is 0 Å². The van der Waals surface area contributed by atoms with Crippen LogP contribution in [0.5, 0.6) is 0 Å². The lowest BCUT2D eigenvalue weighted by atomic mass is 9.60. The van der Waals surface area contributed by atoms with Gasteiger partial charge in [-0.3, -0.25) is 19.2 Å². The standard InChI is InChI=1S/C46H53FN6O9/c1-3-51-27-35(43(58)59)41(56)34-25-36(47)38(26-37(34)51)52-19-21-53(22-20-52)45(61)62-28-30-12-14-33(15-13-30)50-42(57)32(11-7-18-49-44(48)60)24-40(55)46(16-8-17-46)39(54)23-29(2)31-9-5-4-6-10-31/h4-6,9-10,12-15,25-27,29,32H,3,7-8,11,16-24,28H2,1-2H3,(H,50,57)(H,58,59)(H3,48,49,60)/t29-,32+/m0/s1. The van der Waals surface area contributed by atoms with E-state index in [9.17, 15) is 38.7 Å². The number of anilines is 2. The van der Waals surface area contributed by atoms with Crippen molar-refractivity contribution >= 4 is 57.8 Å². The molecule has 4 amide bonds. The first kappa shape index (κ1) is 45.0. The number of nitrogens with two attached hydrogens (primary N) is 1. The summed E-state index contributed by atoms with van der Waals surface area (Å²) in [6.45, 7) is 5.35. The second-order valence-electron chi connectivity index (χ2n) is 16.1. The van der Waals surface area contributed by atoms with Crippen LogP contribution in [0.4, 0.5) is 25.4 Å². The molecule has 15 nitrogen and oxygen atoms in total. The van der Waals surface area contributed by atoms with Crippen molar-refractivity contribution in [3.63, 3.8) is 0 Å². The van der Waals surface area contributed by atoms with Crippen molar-refractivity contribution in [2.45, 2.75) is 77.9 Å². The van der Waals surface area contributed by atoms with Gasteiger partial charge in [-0.05, 0) is 73.9 Å². The number of benzene rings is 3. The summed E-state index contributed by atoms with van der Waals surface area (Å²) in [7, 11) is 0. The Hall–Kier alpha value is -6.58. The second-order valence-corrected chi connectivity index (χ2v) is 16.1. The van der Waals surface area contributed by atoms with E-state index >= 15 is 4.39 Å². The van der Waals surface area contributed by atoms with Crippen LogP contribution in [0.2, 0.25) is 0 Å². The zero-order valence-electron chi connectivity index (χ0n) is 35.0. The van der Waals surface area contributed by atoms with Crippen molar-refractivity contribution < 1.29 is 43.0 Å². The second kappa shape index (κ2) is 19.9. The van der Waals surface area contributed by atoms with Crippen LogP contribution in [0.25, 0.3) is 10.9 Å². The summed E-state index contributed by atoms with van der Waals surface area (Å²) in [5.74, 6) is -3.61. The number of amides is 4. The Morgan fingerprint density at radius 3 is 2.23 bits per heavy atom. The molecule has 6 rings (SSSR count). The summed E-state index contributed by atoms with van der Waals surface area (Å²) in [5.41, 5.74) is 5.70. The highest BCUT2D eigenvalue weighted by molar-refractivity contribution is 6.09. The van der Waals surface area contributed by atoms with Gasteiger partial charge in [-0.15, -0.1) is 0 Å². The first-order chi connectivity index (χ1) is 29.7. The Kier molecular flexibility index (Phi) is 14.4. The van der Waals surface area contributed by atoms with Gasteiger partial charge >= 0.3 is 18.1 Å². The number of aromatic nitrogens is 1. The average Bonchev–Trinajstić information content (AvgIpc) is 3.24. The number of carbonyl (C=O) groups excluding carboxylic acids is 5. The number of carbonyl (C=O) groups is 6. The van der Waals surface area contributed by atoms with Gasteiger partial charge < -0.3 is 40.6 Å². The lowest BCUT2D eigenvalue weighted by Gasteiger charge is -2.40. The van der Waals surface area contributed by atoms with E-state index in [0.29, 0.717) is 42.6 Å². The fourth-order valence-corrected chi connectivity index (χ4v) is 8.27. The smallest absolute Gasteiger partial charge is 0.410 e. The lowest BCUT2D eigenvalue weighted by Crippen LogP contribution is -2.49. The number of primary amides is 1. The molecule has 1 aromatic heterocycles. The van der Waals surface area contributed by atoms with Gasteiger partial charge in [0.2, 0.25) is 11.3 Å². The summed E-state index contributed by atoms with van der Waals surface area (Å²) >= 11 is 0. The van der Waals surface area contributed by atoms with E-state index < -0.39 is 52.1 Å². The van der Waals surface area contributed by atoms with Gasteiger partial charge in [-0.2, -0.15) is 0 Å². The van der Waals surface area contributed by atoms with E-state index in [2.05, 4.69) is 10.6 Å². The maximum atomic E-state index is 15.3. The zero-order valence-corrected chi connectivity index (χ0v) is 35.0. The normalized spacial score (nSPS) is 15.5. The lowest BCUT2D eigenvalue weighted by molar-refractivity contribution is -0.148. The number of ether oxygens (including phenoxy) is 1. The van der Waals surface area contributed by atoms with Crippen LogP contribution in [0.15, 0.2) is 77.7 Å². The van der Waals surface area contributed by atoms with Crippen molar-refractivity contribution in [2.75, 3.05) is 42.9 Å². The summed E-state index contributed by atoms with van der Waals surface area (Å²) in [5, 5.41) is 14.8. The van der Waals surface area contributed by atoms with Crippen LogP contribution in [-0.2, 0) is 32.3 Å². The Morgan fingerprint density at radius 2 is 1.61 bits per heavy atom. The van der Waals surface area contributed by atoms with E-state index in [1.54, 1.807) is 40.7 Å². The third-order valence-corrected chi connectivity index (χ3v) is 12.1. The summed E-state index contributed by atoms with van der Waals surface area (Å²) in [4.78, 5) is 93.2. The number of nitrogens with zero attached hydrogens (tertiary/aromatic N) is 3. The minimum absolute atomic E-state index is 0.0239. The molecule has 2 heterocycles. The third kappa shape index (κ3) is 10.3. The molecule has 2 atom stereocenters. The molecule has 1 aliphatic heterocycles. The fourth-order valence-electron chi connectivity index (χ4n) is 8.27. The predicted molar refractivity (Wildman–Crippen MR) is 231 cm³/mol. The molecule has 1 saturated carbocycles. The molecule has 62 heavy (non-hydrogen) atoms. The highest BCUT2D eigenvalue weighted by Crippen LogP contribution is 2.46. The molecule has 2 aliphatic rings. The number of urea groups is 1. The highest BCUT2D eigenvalue weighted by atomic mass is 19.1. The number of aryl methyl sites for hydroxylation is 1. The predicted octanol–water partition coefficient (Wildman–Crippen LogP) is 6.21. The topological polar surface area (TPSA) is 210 Å². The molecule has 2 fully saturated rings. The molecule has 0 radical (unpaired) electrons. The van der Waals surface area contributed by atoms with E-state index in [1.165, 1.54) is 17.2 Å². The van der Waals surface area contributed by atoms with Crippen LogP contribution >= 0.6 is 0 Å². The molecule has 1 aliphatic carbocycles. The van der Waals surface area contributed by atoms with Crippen LogP contribution in [-0.4, -0.2) is 82.9 Å². The molecule has 1 saturated heterocycles. The largest absolute Gasteiger partial charge is 0.477 e. The number of hydrogen-bond acceptors (Lipinski definition) is 9. The van der Waals surface area contributed by atoms with Crippen molar-refractivity contribution in [3.05, 3.63) is 106 Å². The Labute approximate surface area is 358 Å². The number of nitrogens with one attached hydrogen (secondary N) is 2. The maximum Gasteiger partial charge on any atom is 0.410 e. The van der Waals surface area contributed by atoms with E-state index in [1.807, 2.05) is 37.3 Å². The number of pyridine rings is 1. The molecule has 328 valence electrons. The van der Waals surface area contributed by atoms with Crippen molar-refractivity contribution in [3.8, 4) is 0 Å². The van der Waals surface area contributed by atoms with Crippen molar-refractivity contribution in [1.82, 2.24) is 14.8 Å². The number of fused-ring (bicyclic) bond motifs is 1. The summed E-state index contributed by atoms with van der Waals surface area (Å²) in [6, 6.07) is 18.3. The van der Waals surface area contributed by atoms with Crippen molar-refractivity contribution in [2.24, 2.45) is 17.1 Å². The van der Waals surface area contributed by atoms with Gasteiger partial charge in [0.05, 0.1) is 16.6 Å². The average molecular weight is 853 g/mol. The number of rotatable bonds is 18. The zero-order chi connectivity index (χ0) is 44.6. The van der Waals surface area contributed by atoms with Gasteiger partial charge in [-0.1, -0.05) is 55.8 Å². The van der Waals surface area contributed by atoms with Crippen LogP contribution in [0, 0.1) is 17.2 Å². The van der Waals surface area contributed by atoms with Crippen LogP contribution < -0.4 is 26.7 Å². The minimum atomic E-state index is -1.38. The molecular weight excluding hydrogens is 800 g/mol. The van der Waals surface area contributed by atoms with Gasteiger partial charge in [0.25, 0.3) is 0 Å². The number of hydrogen-bond donors (Lipinski definition) is 4. The molecule has 3 aromatic carbocycles. The number of aromatic carboxylic acids is 1. The molecule has 5 N–H and O–H groups in total. The van der Waals surface area contributed by atoms with E-state index in [-0.39, 0.29) is 87.2 Å². The number of carboxylic acid groups (broad SMARTS) is 1. The van der Waals surface area contributed by atoms with Gasteiger partial charge in [0.1, 0.15) is 29.6 Å². The van der Waals surface area contributed by atoms with Gasteiger partial charge in [-0.25, -0.2) is 18.8 Å². The summed E-state index contributed by atoms with van der Waals surface area (Å²) < 4.78 is 22.5. The minimum Gasteiger partial charge on any atom is -0.477 e. The Bertz CT molecular complexity index is 2370. The molecule has 0 spiro atoms. The van der Waals surface area contributed by atoms with E-state index in [4.69, 9.17) is 10.5 Å². The first-order valence-electron chi connectivity index (χ1n) is 21.0. The number of Topliss-reactive ketones (excluding diaryl/α,β-unsaturated/α-hetero) is 2. The molecule has 0 unspecified atom stereocenters. The van der Waals surface area contributed by atoms with Crippen LogP contribution in [0.1, 0.15) is 86.2 Å². The molecule has 0 bridgehead atoms. The summed E-state index contributed by atoms with van der Waals surface area (Å²) in [6.07, 6.45) is 3.15. The molecule has 16 heteroatoms. The molecular formula is C46H53FN6O9. The SMILES string of the molecule is CCn1cc(C(=O)O)c(=O)c2cc(F)c(N3CCN(C(=O)OCc4ccc(NC(=O)[C@H](CCCNC(N)=O)CC(=O)C5(C(=O)C[C@H](C)c6ccccc6)CCC5)cc4)CC3)cc21. The third-order valence-electron chi connectivity index (χ3n) is 12.1. The number of halogens is 1. The quantitative estimate of drug-likeness (QED) is 0.0657. The highest BCUT2D eigenvalue weighted by Gasteiger charge is 2.50. The maximum absolute atomic E-state index is 15.3. The van der Waals surface area contributed by atoms with Gasteiger partial charge in [0, 0.05) is 75.3 Å². The number of piperazine rings is 1. The Balaban J connectivity index is 1.02. The number of carboxylic acids is 1. The van der Waals surface area contributed by atoms with E-state index in [0.717, 1.165) is 18.1 Å². The number of ketones is 2.